The molecule has 2 heterocycles. The number of nitrogens with zero attached hydrogens (tertiary/aromatic N) is 1. The molecule has 0 radical (unpaired) electrons. The van der Waals surface area contributed by atoms with E-state index in [1.807, 2.05) is 6.07 Å². The van der Waals surface area contributed by atoms with Crippen molar-refractivity contribution >= 4 is 17.3 Å². The molecule has 0 spiro atoms. The van der Waals surface area contributed by atoms with Crippen molar-refractivity contribution in [2.75, 3.05) is 13.1 Å². The van der Waals surface area contributed by atoms with Gasteiger partial charge in [0.15, 0.2) is 0 Å². The minimum Gasteiger partial charge on any atom is -0.481 e. The topological polar surface area (TPSA) is 40.5 Å². The van der Waals surface area contributed by atoms with Crippen molar-refractivity contribution in [2.24, 2.45) is 5.92 Å². The lowest BCUT2D eigenvalue weighted by atomic mass is 9.93. The Hall–Kier alpha value is -2.43. The lowest BCUT2D eigenvalue weighted by Gasteiger charge is -2.37. The number of carboxylic acids is 1. The molecule has 2 atom stereocenters. The molecule has 1 fully saturated rings. The van der Waals surface area contributed by atoms with E-state index in [2.05, 4.69) is 70.9 Å². The fourth-order valence-corrected chi connectivity index (χ4v) is 4.82. The first-order valence-corrected chi connectivity index (χ1v) is 10.3. The Morgan fingerprint density at radius 2 is 1.74 bits per heavy atom. The number of rotatable bonds is 5. The molecule has 4 heteroatoms. The Morgan fingerprint density at radius 1 is 1.00 bits per heavy atom. The smallest absolute Gasteiger partial charge is 0.307 e. The largest absolute Gasteiger partial charge is 0.481 e. The standard InChI is InChI=1S/C23H23NO2S/c25-23(26)20-8-4-14-24(16-20)22(21-9-5-15-27-21)19-12-10-18(11-13-19)17-6-2-1-3-7-17/h1-3,5-7,9-13,15,20,22H,4,8,14,16H2,(H,25,26). The second-order valence-electron chi connectivity index (χ2n) is 7.08. The monoisotopic (exact) mass is 377 g/mol. The van der Waals surface area contributed by atoms with Gasteiger partial charge in [-0.25, -0.2) is 0 Å². The zero-order valence-corrected chi connectivity index (χ0v) is 15.9. The third-order valence-corrected chi connectivity index (χ3v) is 6.24. The van der Waals surface area contributed by atoms with Crippen LogP contribution in [0.1, 0.15) is 29.3 Å². The predicted octanol–water partition coefficient (Wildman–Crippen LogP) is 5.30. The van der Waals surface area contributed by atoms with E-state index in [1.54, 1.807) is 11.3 Å². The second-order valence-corrected chi connectivity index (χ2v) is 8.06. The van der Waals surface area contributed by atoms with Crippen LogP contribution in [0.15, 0.2) is 72.1 Å². The van der Waals surface area contributed by atoms with Gasteiger partial charge < -0.3 is 5.11 Å². The molecule has 138 valence electrons. The van der Waals surface area contributed by atoms with Crippen LogP contribution < -0.4 is 0 Å². The van der Waals surface area contributed by atoms with Gasteiger partial charge in [-0.2, -0.15) is 0 Å². The maximum atomic E-state index is 11.5. The number of carbonyl (C=O) groups is 1. The molecule has 1 N–H and O–H groups in total. The van der Waals surface area contributed by atoms with Gasteiger partial charge in [-0.3, -0.25) is 9.69 Å². The normalized spacial score (nSPS) is 18.9. The summed E-state index contributed by atoms with van der Waals surface area (Å²) in [5.41, 5.74) is 3.63. The molecule has 0 aliphatic carbocycles. The van der Waals surface area contributed by atoms with Crippen LogP contribution in [0.3, 0.4) is 0 Å². The van der Waals surface area contributed by atoms with E-state index >= 15 is 0 Å². The SMILES string of the molecule is O=C(O)C1CCCN(C(c2ccc(-c3ccccc3)cc2)c2cccs2)C1. The highest BCUT2D eigenvalue weighted by atomic mass is 32.1. The Bertz CT molecular complexity index is 875. The Labute approximate surface area is 163 Å². The molecular formula is C23H23NO2S. The average molecular weight is 378 g/mol. The Morgan fingerprint density at radius 3 is 2.41 bits per heavy atom. The highest BCUT2D eigenvalue weighted by Crippen LogP contribution is 2.35. The molecule has 0 amide bonds. The molecular weight excluding hydrogens is 354 g/mol. The summed E-state index contributed by atoms with van der Waals surface area (Å²) >= 11 is 1.74. The Kier molecular flexibility index (Phi) is 5.37. The number of benzene rings is 2. The summed E-state index contributed by atoms with van der Waals surface area (Å²) < 4.78 is 0. The van der Waals surface area contributed by atoms with Crippen molar-refractivity contribution in [2.45, 2.75) is 18.9 Å². The molecule has 1 aromatic heterocycles. The van der Waals surface area contributed by atoms with E-state index in [-0.39, 0.29) is 12.0 Å². The van der Waals surface area contributed by atoms with Crippen molar-refractivity contribution in [3.05, 3.63) is 82.6 Å². The van der Waals surface area contributed by atoms with Crippen LogP contribution in [0.2, 0.25) is 0 Å². The maximum Gasteiger partial charge on any atom is 0.307 e. The first-order chi connectivity index (χ1) is 13.2. The van der Waals surface area contributed by atoms with Crippen LogP contribution in [-0.4, -0.2) is 29.1 Å². The third kappa shape index (κ3) is 3.97. The van der Waals surface area contributed by atoms with Crippen LogP contribution >= 0.6 is 11.3 Å². The van der Waals surface area contributed by atoms with Gasteiger partial charge in [-0.1, -0.05) is 60.7 Å². The zero-order chi connectivity index (χ0) is 18.6. The van der Waals surface area contributed by atoms with Crippen molar-refractivity contribution in [3.8, 4) is 11.1 Å². The van der Waals surface area contributed by atoms with Crippen LogP contribution in [0, 0.1) is 5.92 Å². The number of likely N-dealkylation sites (tertiary alicyclic amines) is 1. The molecule has 1 aliphatic heterocycles. The molecule has 27 heavy (non-hydrogen) atoms. The average Bonchev–Trinajstić information content (AvgIpc) is 3.24. The molecule has 0 bridgehead atoms. The summed E-state index contributed by atoms with van der Waals surface area (Å²) in [6.07, 6.45) is 1.71. The van der Waals surface area contributed by atoms with Crippen molar-refractivity contribution in [1.82, 2.24) is 4.90 Å². The van der Waals surface area contributed by atoms with E-state index in [4.69, 9.17) is 0 Å². The maximum absolute atomic E-state index is 11.5. The number of aliphatic carboxylic acids is 1. The molecule has 2 aromatic carbocycles. The number of carboxylic acid groups (broad SMARTS) is 1. The van der Waals surface area contributed by atoms with Crippen molar-refractivity contribution in [3.63, 3.8) is 0 Å². The van der Waals surface area contributed by atoms with Crippen LogP contribution in [-0.2, 0) is 4.79 Å². The van der Waals surface area contributed by atoms with Crippen molar-refractivity contribution in [1.29, 1.82) is 0 Å². The quantitative estimate of drug-likeness (QED) is 0.656. The molecule has 1 saturated heterocycles. The van der Waals surface area contributed by atoms with Crippen LogP contribution in [0.5, 0.6) is 0 Å². The van der Waals surface area contributed by atoms with E-state index < -0.39 is 5.97 Å². The molecule has 3 nitrogen and oxygen atoms in total. The number of thiophene rings is 1. The summed E-state index contributed by atoms with van der Waals surface area (Å²) in [6.45, 7) is 1.55. The van der Waals surface area contributed by atoms with Gasteiger partial charge in [0.05, 0.1) is 12.0 Å². The molecule has 0 saturated carbocycles. The number of hydrogen-bond acceptors (Lipinski definition) is 3. The first kappa shape index (κ1) is 18.0. The van der Waals surface area contributed by atoms with Gasteiger partial charge in [-0.15, -0.1) is 11.3 Å². The number of piperidine rings is 1. The summed E-state index contributed by atoms with van der Waals surface area (Å²) in [7, 11) is 0. The predicted molar refractivity (Wildman–Crippen MR) is 110 cm³/mol. The van der Waals surface area contributed by atoms with Gasteiger partial charge >= 0.3 is 5.97 Å². The fraction of sp³-hybridized carbons (Fsp3) is 0.261. The molecule has 2 unspecified atom stereocenters. The van der Waals surface area contributed by atoms with Gasteiger partial charge in [0.2, 0.25) is 0 Å². The summed E-state index contributed by atoms with van der Waals surface area (Å²) in [4.78, 5) is 15.1. The van der Waals surface area contributed by atoms with Gasteiger partial charge in [-0.05, 0) is 47.5 Å². The third-order valence-electron chi connectivity index (χ3n) is 5.31. The highest BCUT2D eigenvalue weighted by molar-refractivity contribution is 7.10. The van der Waals surface area contributed by atoms with Crippen molar-refractivity contribution < 1.29 is 9.90 Å². The summed E-state index contributed by atoms with van der Waals surface area (Å²) in [5, 5.41) is 11.6. The molecule has 1 aliphatic rings. The van der Waals surface area contributed by atoms with E-state index in [1.165, 1.54) is 21.6 Å². The first-order valence-electron chi connectivity index (χ1n) is 9.38. The van der Waals surface area contributed by atoms with E-state index in [0.29, 0.717) is 6.54 Å². The lowest BCUT2D eigenvalue weighted by Crippen LogP contribution is -2.41. The highest BCUT2D eigenvalue weighted by Gasteiger charge is 2.31. The lowest BCUT2D eigenvalue weighted by molar-refractivity contribution is -0.143. The van der Waals surface area contributed by atoms with Gasteiger partial charge in [0.25, 0.3) is 0 Å². The van der Waals surface area contributed by atoms with Gasteiger partial charge in [0.1, 0.15) is 0 Å². The minimum absolute atomic E-state index is 0.122. The van der Waals surface area contributed by atoms with E-state index in [9.17, 15) is 9.90 Å². The Balaban J connectivity index is 1.64. The van der Waals surface area contributed by atoms with E-state index in [0.717, 1.165) is 19.4 Å². The second kappa shape index (κ2) is 8.07. The molecule has 4 rings (SSSR count). The van der Waals surface area contributed by atoms with Gasteiger partial charge in [0, 0.05) is 11.4 Å². The summed E-state index contributed by atoms with van der Waals surface area (Å²) in [5.74, 6) is -0.950. The van der Waals surface area contributed by atoms with Crippen LogP contribution in [0.25, 0.3) is 11.1 Å². The minimum atomic E-state index is -0.677. The fourth-order valence-electron chi connectivity index (χ4n) is 3.93. The van der Waals surface area contributed by atoms with Crippen LogP contribution in [0.4, 0.5) is 0 Å². The zero-order valence-electron chi connectivity index (χ0n) is 15.1. The molecule has 3 aromatic rings. The number of hydrogen-bond donors (Lipinski definition) is 1. The summed E-state index contributed by atoms with van der Waals surface area (Å²) in [6, 6.07) is 23.4.